The smallest absolute Gasteiger partial charge is 0.233 e. The van der Waals surface area contributed by atoms with Crippen LogP contribution in [0.4, 0.5) is 0 Å². The molecule has 1 heterocycles. The number of hydrogen-bond acceptors (Lipinski definition) is 3. The Bertz CT molecular complexity index is 540. The fraction of sp³-hybridized carbons (Fsp3) is 0.267. The van der Waals surface area contributed by atoms with Crippen molar-refractivity contribution in [1.82, 2.24) is 5.32 Å². The molecular formula is C15H16ClNOS2. The number of rotatable bonds is 6. The molecule has 1 N–H and O–H groups in total. The summed E-state index contributed by atoms with van der Waals surface area (Å²) < 4.78 is 0. The highest BCUT2D eigenvalue weighted by Gasteiger charge is 2.13. The van der Waals surface area contributed by atoms with Crippen molar-refractivity contribution in [1.29, 1.82) is 0 Å². The van der Waals surface area contributed by atoms with Gasteiger partial charge in [0.05, 0.1) is 11.8 Å². The molecule has 2 aromatic rings. The molecule has 2 nitrogen and oxygen atoms in total. The van der Waals surface area contributed by atoms with Crippen LogP contribution in [0.15, 0.2) is 41.8 Å². The van der Waals surface area contributed by atoms with E-state index < -0.39 is 0 Å². The summed E-state index contributed by atoms with van der Waals surface area (Å²) in [5.74, 6) is 0.891. The molecule has 0 aliphatic carbocycles. The van der Waals surface area contributed by atoms with Crippen molar-refractivity contribution in [3.63, 3.8) is 0 Å². The van der Waals surface area contributed by atoms with Crippen molar-refractivity contribution in [3.05, 3.63) is 57.2 Å². The normalized spacial score (nSPS) is 12.1. The van der Waals surface area contributed by atoms with Gasteiger partial charge in [0.1, 0.15) is 0 Å². The van der Waals surface area contributed by atoms with E-state index in [-0.39, 0.29) is 11.2 Å². The first-order valence-corrected chi connectivity index (χ1v) is 8.62. The highest BCUT2D eigenvalue weighted by Crippen LogP contribution is 2.19. The summed E-state index contributed by atoms with van der Waals surface area (Å²) in [6.45, 7) is 2.55. The Morgan fingerprint density at radius 3 is 2.75 bits per heavy atom. The molecule has 106 valence electrons. The predicted octanol–water partition coefficient (Wildman–Crippen LogP) is 4.34. The van der Waals surface area contributed by atoms with Crippen LogP contribution in [0.1, 0.15) is 17.4 Å². The van der Waals surface area contributed by atoms with Crippen LogP contribution in [0.25, 0.3) is 0 Å². The predicted molar refractivity (Wildman–Crippen MR) is 88.4 cm³/mol. The molecule has 1 aromatic heterocycles. The lowest BCUT2D eigenvalue weighted by Gasteiger charge is -2.11. The quantitative estimate of drug-likeness (QED) is 0.856. The van der Waals surface area contributed by atoms with E-state index in [1.54, 1.807) is 23.1 Å². The number of benzene rings is 1. The monoisotopic (exact) mass is 325 g/mol. The van der Waals surface area contributed by atoms with Gasteiger partial charge in [0.25, 0.3) is 0 Å². The maximum Gasteiger partial charge on any atom is 0.233 e. The summed E-state index contributed by atoms with van der Waals surface area (Å²) in [6, 6.07) is 11.7. The zero-order valence-corrected chi connectivity index (χ0v) is 13.5. The molecule has 1 atom stereocenters. The highest BCUT2D eigenvalue weighted by atomic mass is 35.5. The summed E-state index contributed by atoms with van der Waals surface area (Å²) in [7, 11) is 0. The van der Waals surface area contributed by atoms with Gasteiger partial charge in [-0.3, -0.25) is 4.79 Å². The van der Waals surface area contributed by atoms with E-state index in [0.29, 0.717) is 6.54 Å². The number of carbonyl (C=O) groups excluding carboxylic acids is 1. The first-order valence-electron chi connectivity index (χ1n) is 6.31. The van der Waals surface area contributed by atoms with E-state index in [1.165, 1.54) is 10.4 Å². The number of nitrogens with one attached hydrogen (secondary N) is 1. The van der Waals surface area contributed by atoms with Gasteiger partial charge in [-0.05, 0) is 36.1 Å². The standard InChI is InChI=1S/C15H16ClNOS2/c1-11(15(18)17-9-14-3-2-8-19-14)20-10-12-4-6-13(16)7-5-12/h2-8,11H,9-10H2,1H3,(H,17,18)/t11-/m0/s1. The Labute approximate surface area is 132 Å². The average Bonchev–Trinajstić information content (AvgIpc) is 2.97. The molecule has 1 aromatic carbocycles. The molecule has 2 rings (SSSR count). The van der Waals surface area contributed by atoms with Gasteiger partial charge in [-0.25, -0.2) is 0 Å². The molecular weight excluding hydrogens is 310 g/mol. The van der Waals surface area contributed by atoms with Crippen molar-refractivity contribution < 1.29 is 4.79 Å². The van der Waals surface area contributed by atoms with Gasteiger partial charge in [-0.15, -0.1) is 23.1 Å². The van der Waals surface area contributed by atoms with Gasteiger partial charge < -0.3 is 5.32 Å². The zero-order valence-electron chi connectivity index (χ0n) is 11.1. The molecule has 0 unspecified atom stereocenters. The zero-order chi connectivity index (χ0) is 14.4. The summed E-state index contributed by atoms with van der Waals surface area (Å²) >= 11 is 9.13. The van der Waals surface area contributed by atoms with Crippen LogP contribution in [0, 0.1) is 0 Å². The number of carbonyl (C=O) groups is 1. The Kier molecular flexibility index (Phi) is 5.95. The van der Waals surface area contributed by atoms with Crippen LogP contribution in [0.5, 0.6) is 0 Å². The number of amides is 1. The molecule has 0 spiro atoms. The van der Waals surface area contributed by atoms with Crippen LogP contribution >= 0.6 is 34.7 Å². The minimum atomic E-state index is -0.0642. The second-order valence-electron chi connectivity index (χ2n) is 4.38. The van der Waals surface area contributed by atoms with Gasteiger partial charge in [0.2, 0.25) is 5.91 Å². The van der Waals surface area contributed by atoms with E-state index in [4.69, 9.17) is 11.6 Å². The van der Waals surface area contributed by atoms with Crippen LogP contribution in [-0.4, -0.2) is 11.2 Å². The molecule has 1 amide bonds. The van der Waals surface area contributed by atoms with E-state index >= 15 is 0 Å². The Morgan fingerprint density at radius 1 is 1.35 bits per heavy atom. The van der Waals surface area contributed by atoms with Crippen LogP contribution in [-0.2, 0) is 17.1 Å². The van der Waals surface area contributed by atoms with Gasteiger partial charge in [0, 0.05) is 15.7 Å². The maximum absolute atomic E-state index is 12.0. The number of halogens is 1. The Balaban J connectivity index is 1.74. The van der Waals surface area contributed by atoms with Crippen LogP contribution in [0.3, 0.4) is 0 Å². The lowest BCUT2D eigenvalue weighted by atomic mass is 10.2. The lowest BCUT2D eigenvalue weighted by molar-refractivity contribution is -0.120. The lowest BCUT2D eigenvalue weighted by Crippen LogP contribution is -2.30. The number of thiophene rings is 1. The SMILES string of the molecule is C[C@H](SCc1ccc(Cl)cc1)C(=O)NCc1cccs1. The third kappa shape index (κ3) is 4.85. The van der Waals surface area contributed by atoms with Crippen LogP contribution < -0.4 is 5.32 Å². The molecule has 5 heteroatoms. The van der Waals surface area contributed by atoms with Crippen molar-refractivity contribution in [2.45, 2.75) is 24.5 Å². The van der Waals surface area contributed by atoms with Crippen LogP contribution in [0.2, 0.25) is 5.02 Å². The first kappa shape index (κ1) is 15.4. The topological polar surface area (TPSA) is 29.1 Å². The van der Waals surface area contributed by atoms with E-state index in [2.05, 4.69) is 5.32 Å². The molecule has 0 bridgehead atoms. The molecule has 0 fully saturated rings. The van der Waals surface area contributed by atoms with Crippen molar-refractivity contribution in [3.8, 4) is 0 Å². The van der Waals surface area contributed by atoms with Gasteiger partial charge in [-0.1, -0.05) is 29.8 Å². The number of thioether (sulfide) groups is 1. The largest absolute Gasteiger partial charge is 0.350 e. The van der Waals surface area contributed by atoms with E-state index in [0.717, 1.165) is 10.8 Å². The fourth-order valence-corrected chi connectivity index (χ4v) is 3.25. The fourth-order valence-electron chi connectivity index (χ4n) is 1.61. The summed E-state index contributed by atoms with van der Waals surface area (Å²) in [4.78, 5) is 13.1. The molecule has 0 aliphatic heterocycles. The Morgan fingerprint density at radius 2 is 2.10 bits per heavy atom. The second-order valence-corrected chi connectivity index (χ2v) is 7.17. The molecule has 20 heavy (non-hydrogen) atoms. The van der Waals surface area contributed by atoms with Gasteiger partial charge in [-0.2, -0.15) is 0 Å². The van der Waals surface area contributed by atoms with Gasteiger partial charge in [0.15, 0.2) is 0 Å². The Hall–Kier alpha value is -0.970. The second kappa shape index (κ2) is 7.72. The van der Waals surface area contributed by atoms with Crippen molar-refractivity contribution in [2.75, 3.05) is 0 Å². The average molecular weight is 326 g/mol. The van der Waals surface area contributed by atoms with E-state index in [9.17, 15) is 4.79 Å². The minimum absolute atomic E-state index is 0.0642. The summed E-state index contributed by atoms with van der Waals surface area (Å²) in [6.07, 6.45) is 0. The molecule has 0 aliphatic rings. The minimum Gasteiger partial charge on any atom is -0.350 e. The highest BCUT2D eigenvalue weighted by molar-refractivity contribution is 7.99. The van der Waals surface area contributed by atoms with Gasteiger partial charge >= 0.3 is 0 Å². The molecule has 0 saturated carbocycles. The van der Waals surface area contributed by atoms with E-state index in [1.807, 2.05) is 48.7 Å². The van der Waals surface area contributed by atoms with Crippen molar-refractivity contribution >= 4 is 40.6 Å². The third-order valence-corrected chi connectivity index (χ3v) is 5.14. The first-order chi connectivity index (χ1) is 9.65. The number of hydrogen-bond donors (Lipinski definition) is 1. The molecule has 0 radical (unpaired) electrons. The summed E-state index contributed by atoms with van der Waals surface area (Å²) in [5, 5.41) is 5.65. The maximum atomic E-state index is 12.0. The summed E-state index contributed by atoms with van der Waals surface area (Å²) in [5.41, 5.74) is 1.18. The van der Waals surface area contributed by atoms with Crippen molar-refractivity contribution in [2.24, 2.45) is 0 Å². The third-order valence-electron chi connectivity index (χ3n) is 2.80. The molecule has 0 saturated heterocycles.